The zero-order valence-electron chi connectivity index (χ0n) is 11.6. The molecule has 0 saturated carbocycles. The van der Waals surface area contributed by atoms with Crippen LogP contribution in [0.1, 0.15) is 11.1 Å². The quantitative estimate of drug-likeness (QED) is 0.664. The summed E-state index contributed by atoms with van der Waals surface area (Å²) in [5.41, 5.74) is 8.22. The molecule has 0 fully saturated rings. The minimum absolute atomic E-state index is 0.230. The average molecular weight is 350 g/mol. The van der Waals surface area contributed by atoms with Crippen LogP contribution in [0.4, 0.5) is 5.69 Å². The summed E-state index contributed by atoms with van der Waals surface area (Å²) in [6, 6.07) is 13.0. The number of nitrogens with two attached hydrogens (primary N) is 1. The Morgan fingerprint density at radius 2 is 1.90 bits per heavy atom. The van der Waals surface area contributed by atoms with Gasteiger partial charge >= 0.3 is 5.97 Å². The van der Waals surface area contributed by atoms with Crippen LogP contribution in [-0.4, -0.2) is 13.1 Å². The lowest BCUT2D eigenvalue weighted by atomic mass is 10.1. The van der Waals surface area contributed by atoms with Crippen molar-refractivity contribution in [3.8, 4) is 5.75 Å². The van der Waals surface area contributed by atoms with E-state index in [1.165, 1.54) is 7.11 Å². The fourth-order valence-corrected chi connectivity index (χ4v) is 2.25. The van der Waals surface area contributed by atoms with E-state index >= 15 is 0 Å². The van der Waals surface area contributed by atoms with E-state index in [4.69, 9.17) is 15.2 Å². The molecule has 0 aromatic heterocycles. The number of hydrogen-bond donors (Lipinski definition) is 1. The fraction of sp³-hybridized carbons (Fsp3) is 0.188. The monoisotopic (exact) mass is 349 g/mol. The van der Waals surface area contributed by atoms with Crippen molar-refractivity contribution >= 4 is 27.6 Å². The molecule has 4 nitrogen and oxygen atoms in total. The molecule has 21 heavy (non-hydrogen) atoms. The predicted octanol–water partition coefficient (Wildman–Crippen LogP) is 3.33. The first-order valence-corrected chi connectivity index (χ1v) is 7.21. The van der Waals surface area contributed by atoms with Gasteiger partial charge in [-0.2, -0.15) is 0 Å². The van der Waals surface area contributed by atoms with Gasteiger partial charge in [0.05, 0.1) is 18.0 Å². The summed E-state index contributed by atoms with van der Waals surface area (Å²) in [5, 5.41) is 0. The molecule has 0 aliphatic heterocycles. The molecule has 0 aliphatic rings. The van der Waals surface area contributed by atoms with Gasteiger partial charge in [-0.3, -0.25) is 4.79 Å². The number of benzene rings is 2. The lowest BCUT2D eigenvalue weighted by Gasteiger charge is -2.12. The molecule has 5 heteroatoms. The first kappa shape index (κ1) is 15.4. The minimum atomic E-state index is -0.271. The van der Waals surface area contributed by atoms with Crippen molar-refractivity contribution in [2.45, 2.75) is 13.0 Å². The third-order valence-electron chi connectivity index (χ3n) is 3.02. The molecule has 110 valence electrons. The van der Waals surface area contributed by atoms with Gasteiger partial charge in [-0.1, -0.05) is 24.3 Å². The zero-order valence-corrected chi connectivity index (χ0v) is 13.2. The van der Waals surface area contributed by atoms with Gasteiger partial charge in [0.1, 0.15) is 12.4 Å². The number of carbonyl (C=O) groups excluding carboxylic acids is 1. The van der Waals surface area contributed by atoms with Gasteiger partial charge in [-0.25, -0.2) is 0 Å². The number of hydrogen-bond acceptors (Lipinski definition) is 4. The highest BCUT2D eigenvalue weighted by Gasteiger charge is 2.09. The molecule has 2 aromatic carbocycles. The van der Waals surface area contributed by atoms with E-state index in [0.717, 1.165) is 15.6 Å². The van der Waals surface area contributed by atoms with E-state index in [1.807, 2.05) is 30.3 Å². The second kappa shape index (κ2) is 7.13. The molecule has 2 N–H and O–H groups in total. The van der Waals surface area contributed by atoms with Crippen LogP contribution < -0.4 is 10.5 Å². The molecule has 0 heterocycles. The number of halogens is 1. The van der Waals surface area contributed by atoms with Crippen LogP contribution >= 0.6 is 15.9 Å². The Morgan fingerprint density at radius 3 is 2.62 bits per heavy atom. The smallest absolute Gasteiger partial charge is 0.309 e. The summed E-state index contributed by atoms with van der Waals surface area (Å²) >= 11 is 3.42. The van der Waals surface area contributed by atoms with E-state index < -0.39 is 0 Å². The molecule has 0 spiro atoms. The molecule has 2 aromatic rings. The van der Waals surface area contributed by atoms with Gasteiger partial charge in [-0.05, 0) is 39.2 Å². The Hall–Kier alpha value is -2.01. The molecular weight excluding hydrogens is 334 g/mol. The minimum Gasteiger partial charge on any atom is -0.488 e. The van der Waals surface area contributed by atoms with Gasteiger partial charge in [0.25, 0.3) is 0 Å². The SMILES string of the molecule is COC(=O)Cc1ccccc1COc1cc(N)ccc1Br. The molecule has 0 radical (unpaired) electrons. The fourth-order valence-electron chi connectivity index (χ4n) is 1.88. The number of nitrogen functional groups attached to an aromatic ring is 1. The van der Waals surface area contributed by atoms with Crippen molar-refractivity contribution in [2.24, 2.45) is 0 Å². The van der Waals surface area contributed by atoms with Crippen molar-refractivity contribution < 1.29 is 14.3 Å². The van der Waals surface area contributed by atoms with Crippen LogP contribution in [0.3, 0.4) is 0 Å². The molecule has 0 atom stereocenters. The third-order valence-corrected chi connectivity index (χ3v) is 3.67. The summed E-state index contributed by atoms with van der Waals surface area (Å²) in [6.07, 6.45) is 0.230. The predicted molar refractivity (Wildman–Crippen MR) is 85.0 cm³/mol. The normalized spacial score (nSPS) is 10.2. The molecular formula is C16H16BrNO3. The van der Waals surface area contributed by atoms with Crippen LogP contribution in [0, 0.1) is 0 Å². The molecule has 0 saturated heterocycles. The number of anilines is 1. The molecule has 0 amide bonds. The molecule has 2 rings (SSSR count). The maximum atomic E-state index is 11.4. The van der Waals surface area contributed by atoms with Crippen LogP contribution in [0.5, 0.6) is 5.75 Å². The summed E-state index contributed by atoms with van der Waals surface area (Å²) in [7, 11) is 1.38. The van der Waals surface area contributed by atoms with Gasteiger partial charge in [0, 0.05) is 11.8 Å². The summed E-state index contributed by atoms with van der Waals surface area (Å²) in [5.74, 6) is 0.399. The second-order valence-corrected chi connectivity index (χ2v) is 5.35. The van der Waals surface area contributed by atoms with Crippen LogP contribution in [0.15, 0.2) is 46.9 Å². The highest BCUT2D eigenvalue weighted by molar-refractivity contribution is 9.10. The number of ether oxygens (including phenoxy) is 2. The summed E-state index contributed by atoms with van der Waals surface area (Å²) < 4.78 is 11.3. The van der Waals surface area contributed by atoms with Crippen molar-refractivity contribution in [1.82, 2.24) is 0 Å². The second-order valence-electron chi connectivity index (χ2n) is 4.50. The van der Waals surface area contributed by atoms with E-state index in [1.54, 1.807) is 12.1 Å². The lowest BCUT2D eigenvalue weighted by molar-refractivity contribution is -0.139. The topological polar surface area (TPSA) is 61.5 Å². The molecule has 0 aliphatic carbocycles. The maximum absolute atomic E-state index is 11.4. The first-order valence-electron chi connectivity index (χ1n) is 6.41. The van der Waals surface area contributed by atoms with Gasteiger partial charge in [0.15, 0.2) is 0 Å². The van der Waals surface area contributed by atoms with Crippen LogP contribution in [0.2, 0.25) is 0 Å². The maximum Gasteiger partial charge on any atom is 0.309 e. The first-order chi connectivity index (χ1) is 10.1. The summed E-state index contributed by atoms with van der Waals surface area (Å²) in [4.78, 5) is 11.4. The Kier molecular flexibility index (Phi) is 5.22. The highest BCUT2D eigenvalue weighted by Crippen LogP contribution is 2.28. The average Bonchev–Trinajstić information content (AvgIpc) is 2.49. The van der Waals surface area contributed by atoms with Gasteiger partial charge in [0.2, 0.25) is 0 Å². The highest BCUT2D eigenvalue weighted by atomic mass is 79.9. The third kappa shape index (κ3) is 4.23. The lowest BCUT2D eigenvalue weighted by Crippen LogP contribution is -2.08. The Balaban J connectivity index is 2.13. The number of carbonyl (C=O) groups is 1. The van der Waals surface area contributed by atoms with Crippen molar-refractivity contribution in [1.29, 1.82) is 0 Å². The van der Waals surface area contributed by atoms with Crippen molar-refractivity contribution in [3.05, 3.63) is 58.1 Å². The van der Waals surface area contributed by atoms with Crippen molar-refractivity contribution in [3.63, 3.8) is 0 Å². The molecule has 0 unspecified atom stereocenters. The Labute approximate surface area is 132 Å². The van der Waals surface area contributed by atoms with Crippen LogP contribution in [-0.2, 0) is 22.6 Å². The number of esters is 1. The number of rotatable bonds is 5. The van der Waals surface area contributed by atoms with Gasteiger partial charge in [-0.15, -0.1) is 0 Å². The van der Waals surface area contributed by atoms with E-state index in [-0.39, 0.29) is 12.4 Å². The van der Waals surface area contributed by atoms with Gasteiger partial charge < -0.3 is 15.2 Å². The summed E-state index contributed by atoms with van der Waals surface area (Å²) in [6.45, 7) is 0.356. The Bertz CT molecular complexity index is 643. The van der Waals surface area contributed by atoms with Crippen LogP contribution in [0.25, 0.3) is 0 Å². The van der Waals surface area contributed by atoms with Crippen molar-refractivity contribution in [2.75, 3.05) is 12.8 Å². The molecule has 0 bridgehead atoms. The standard InChI is InChI=1S/C16H16BrNO3/c1-20-16(19)8-11-4-2-3-5-12(11)10-21-15-9-13(18)6-7-14(15)17/h2-7,9H,8,10,18H2,1H3. The Morgan fingerprint density at radius 1 is 1.19 bits per heavy atom. The number of methoxy groups -OCH3 is 1. The largest absolute Gasteiger partial charge is 0.488 e. The van der Waals surface area contributed by atoms with E-state index in [0.29, 0.717) is 18.0 Å². The van der Waals surface area contributed by atoms with E-state index in [2.05, 4.69) is 15.9 Å². The van der Waals surface area contributed by atoms with E-state index in [9.17, 15) is 4.79 Å². The zero-order chi connectivity index (χ0) is 15.2.